The second kappa shape index (κ2) is 5.31. The number of rotatable bonds is 2. The van der Waals surface area contributed by atoms with Crippen molar-refractivity contribution >= 4 is 27.6 Å². The zero-order valence-corrected chi connectivity index (χ0v) is 12.3. The van der Waals surface area contributed by atoms with Crippen LogP contribution < -0.4 is 4.90 Å². The lowest BCUT2D eigenvalue weighted by Crippen LogP contribution is -2.41. The van der Waals surface area contributed by atoms with Crippen LogP contribution in [0.25, 0.3) is 0 Å². The van der Waals surface area contributed by atoms with Crippen LogP contribution in [0, 0.1) is 5.92 Å². The highest BCUT2D eigenvalue weighted by molar-refractivity contribution is 9.10. The second-order valence-electron chi connectivity index (χ2n) is 5.19. The van der Waals surface area contributed by atoms with Crippen molar-refractivity contribution in [1.29, 1.82) is 0 Å². The third-order valence-electron chi connectivity index (χ3n) is 3.58. The number of carboxylic acids is 1. The Labute approximate surface area is 116 Å². The minimum Gasteiger partial charge on any atom is -0.478 e. The Balaban J connectivity index is 2.34. The van der Waals surface area contributed by atoms with E-state index in [-0.39, 0.29) is 0 Å². The molecule has 2 atom stereocenters. The third-order valence-corrected chi connectivity index (χ3v) is 4.04. The molecular weight excluding hydrogens is 294 g/mol. The molecule has 0 amide bonds. The van der Waals surface area contributed by atoms with Crippen LogP contribution in [0.1, 0.15) is 37.0 Å². The molecule has 18 heavy (non-hydrogen) atoms. The van der Waals surface area contributed by atoms with Crippen LogP contribution >= 0.6 is 15.9 Å². The van der Waals surface area contributed by atoms with Crippen LogP contribution in [0.3, 0.4) is 0 Å². The molecule has 1 fully saturated rings. The first-order chi connectivity index (χ1) is 8.47. The van der Waals surface area contributed by atoms with Crippen molar-refractivity contribution in [3.63, 3.8) is 0 Å². The van der Waals surface area contributed by atoms with Gasteiger partial charge in [0.15, 0.2) is 0 Å². The molecule has 1 aliphatic heterocycles. The van der Waals surface area contributed by atoms with Crippen molar-refractivity contribution in [3.05, 3.63) is 28.2 Å². The maximum atomic E-state index is 11.1. The molecule has 4 heteroatoms. The molecule has 1 aliphatic rings. The average Bonchev–Trinajstić information content (AvgIpc) is 2.31. The highest BCUT2D eigenvalue weighted by Crippen LogP contribution is 2.30. The normalized spacial score (nSPS) is 24.1. The minimum absolute atomic E-state index is 0.338. The van der Waals surface area contributed by atoms with Crippen LogP contribution in [-0.4, -0.2) is 23.7 Å². The van der Waals surface area contributed by atoms with E-state index in [0.717, 1.165) is 23.1 Å². The molecule has 1 N–H and O–H groups in total. The summed E-state index contributed by atoms with van der Waals surface area (Å²) >= 11 is 3.39. The van der Waals surface area contributed by atoms with Gasteiger partial charge in [-0.05, 0) is 43.9 Å². The van der Waals surface area contributed by atoms with Crippen molar-refractivity contribution in [2.75, 3.05) is 11.4 Å². The number of carbonyl (C=O) groups is 1. The Morgan fingerprint density at radius 3 is 2.72 bits per heavy atom. The average molecular weight is 312 g/mol. The Bertz CT molecular complexity index is 461. The summed E-state index contributed by atoms with van der Waals surface area (Å²) in [7, 11) is 0. The fraction of sp³-hybridized carbons (Fsp3) is 0.500. The molecule has 3 nitrogen and oxygen atoms in total. The summed E-state index contributed by atoms with van der Waals surface area (Å²) in [4.78, 5) is 13.4. The summed E-state index contributed by atoms with van der Waals surface area (Å²) in [5, 5.41) is 9.11. The number of hydrogen-bond donors (Lipinski definition) is 1. The van der Waals surface area contributed by atoms with E-state index in [0.29, 0.717) is 17.5 Å². The summed E-state index contributed by atoms with van der Waals surface area (Å²) in [6, 6.07) is 5.88. The largest absolute Gasteiger partial charge is 0.478 e. The highest BCUT2D eigenvalue weighted by Gasteiger charge is 2.23. The van der Waals surface area contributed by atoms with Gasteiger partial charge in [0.05, 0.1) is 5.56 Å². The van der Waals surface area contributed by atoms with E-state index in [9.17, 15) is 4.79 Å². The minimum atomic E-state index is -0.879. The monoisotopic (exact) mass is 311 g/mol. The van der Waals surface area contributed by atoms with Gasteiger partial charge in [-0.1, -0.05) is 22.9 Å². The van der Waals surface area contributed by atoms with Gasteiger partial charge in [-0.3, -0.25) is 0 Å². The van der Waals surface area contributed by atoms with Crippen molar-refractivity contribution in [2.24, 2.45) is 5.92 Å². The van der Waals surface area contributed by atoms with E-state index in [1.807, 2.05) is 6.07 Å². The number of hydrogen-bond acceptors (Lipinski definition) is 2. The molecule has 0 spiro atoms. The smallest absolute Gasteiger partial charge is 0.335 e. The molecule has 1 heterocycles. The van der Waals surface area contributed by atoms with Gasteiger partial charge in [-0.2, -0.15) is 0 Å². The predicted molar refractivity (Wildman–Crippen MR) is 76.3 cm³/mol. The van der Waals surface area contributed by atoms with Crippen LogP contribution in [0.5, 0.6) is 0 Å². The zero-order valence-electron chi connectivity index (χ0n) is 10.7. The molecule has 0 aliphatic carbocycles. The topological polar surface area (TPSA) is 40.5 Å². The van der Waals surface area contributed by atoms with Crippen LogP contribution in [0.4, 0.5) is 5.69 Å². The van der Waals surface area contributed by atoms with Crippen LogP contribution in [-0.2, 0) is 0 Å². The van der Waals surface area contributed by atoms with Crippen LogP contribution in [0.15, 0.2) is 22.7 Å². The van der Waals surface area contributed by atoms with E-state index in [1.165, 1.54) is 6.42 Å². The van der Waals surface area contributed by atoms with Gasteiger partial charge in [0.1, 0.15) is 0 Å². The van der Waals surface area contributed by atoms with Crippen molar-refractivity contribution < 1.29 is 9.90 Å². The highest BCUT2D eigenvalue weighted by atomic mass is 79.9. The quantitative estimate of drug-likeness (QED) is 0.903. The van der Waals surface area contributed by atoms with E-state index in [1.54, 1.807) is 12.1 Å². The van der Waals surface area contributed by atoms with Gasteiger partial charge >= 0.3 is 5.97 Å². The molecule has 98 valence electrons. The molecular formula is C14H18BrNO2. The lowest BCUT2D eigenvalue weighted by atomic mass is 9.94. The number of aromatic carboxylic acids is 1. The SMILES string of the molecule is CC1CCC(C)N(c2cc(Br)cc(C(=O)O)c2)C1. The summed E-state index contributed by atoms with van der Waals surface area (Å²) < 4.78 is 0.822. The lowest BCUT2D eigenvalue weighted by Gasteiger charge is -2.38. The van der Waals surface area contributed by atoms with Crippen molar-refractivity contribution in [3.8, 4) is 0 Å². The maximum Gasteiger partial charge on any atom is 0.335 e. The van der Waals surface area contributed by atoms with E-state index < -0.39 is 5.97 Å². The predicted octanol–water partition coefficient (Wildman–Crippen LogP) is 3.77. The van der Waals surface area contributed by atoms with Gasteiger partial charge in [0, 0.05) is 22.7 Å². The van der Waals surface area contributed by atoms with E-state index >= 15 is 0 Å². The van der Waals surface area contributed by atoms with Gasteiger partial charge < -0.3 is 10.0 Å². The summed E-state index contributed by atoms with van der Waals surface area (Å²) in [5.41, 5.74) is 1.34. The standard InChI is InChI=1S/C14H18BrNO2/c1-9-3-4-10(2)16(8-9)13-6-11(14(17)18)5-12(15)7-13/h5-7,9-10H,3-4,8H2,1-2H3,(H,17,18). The maximum absolute atomic E-state index is 11.1. The molecule has 0 aromatic heterocycles. The van der Waals surface area contributed by atoms with Gasteiger partial charge in [-0.15, -0.1) is 0 Å². The number of nitrogens with zero attached hydrogens (tertiary/aromatic N) is 1. The van der Waals surface area contributed by atoms with E-state index in [2.05, 4.69) is 34.7 Å². The molecule has 1 aromatic carbocycles. The fourth-order valence-electron chi connectivity index (χ4n) is 2.51. The third kappa shape index (κ3) is 2.86. The number of carboxylic acid groups (broad SMARTS) is 1. The molecule has 2 rings (SSSR count). The second-order valence-corrected chi connectivity index (χ2v) is 6.10. The zero-order chi connectivity index (χ0) is 13.3. The Hall–Kier alpha value is -1.03. The van der Waals surface area contributed by atoms with E-state index in [4.69, 9.17) is 5.11 Å². The number of halogens is 1. The van der Waals surface area contributed by atoms with Crippen molar-refractivity contribution in [2.45, 2.75) is 32.7 Å². The molecule has 1 aromatic rings. The van der Waals surface area contributed by atoms with Crippen LogP contribution in [0.2, 0.25) is 0 Å². The molecule has 0 bridgehead atoms. The number of piperidine rings is 1. The molecule has 1 saturated heterocycles. The summed E-state index contributed by atoms with van der Waals surface area (Å²) in [5.74, 6) is -0.219. The van der Waals surface area contributed by atoms with Crippen molar-refractivity contribution in [1.82, 2.24) is 0 Å². The lowest BCUT2D eigenvalue weighted by molar-refractivity contribution is 0.0697. The molecule has 0 radical (unpaired) electrons. The van der Waals surface area contributed by atoms with Gasteiger partial charge in [0.2, 0.25) is 0 Å². The Morgan fingerprint density at radius 2 is 2.06 bits per heavy atom. The first-order valence-corrected chi connectivity index (χ1v) is 7.07. The fourth-order valence-corrected chi connectivity index (χ4v) is 2.99. The Morgan fingerprint density at radius 1 is 1.33 bits per heavy atom. The number of anilines is 1. The first-order valence-electron chi connectivity index (χ1n) is 6.28. The van der Waals surface area contributed by atoms with Gasteiger partial charge in [-0.25, -0.2) is 4.79 Å². The number of benzene rings is 1. The molecule has 2 unspecified atom stereocenters. The summed E-state index contributed by atoms with van der Waals surface area (Å²) in [6.07, 6.45) is 2.41. The Kier molecular flexibility index (Phi) is 3.95. The summed E-state index contributed by atoms with van der Waals surface area (Å²) in [6.45, 7) is 5.44. The van der Waals surface area contributed by atoms with Gasteiger partial charge in [0.25, 0.3) is 0 Å². The first kappa shape index (κ1) is 13.4. The molecule has 0 saturated carbocycles.